The van der Waals surface area contributed by atoms with Crippen molar-refractivity contribution in [3.05, 3.63) is 0 Å². The van der Waals surface area contributed by atoms with E-state index in [1.165, 1.54) is 0 Å². The Morgan fingerprint density at radius 3 is 2.87 bits per heavy atom. The van der Waals surface area contributed by atoms with Gasteiger partial charge in [0.15, 0.2) is 0 Å². The summed E-state index contributed by atoms with van der Waals surface area (Å²) in [6.07, 6.45) is 2.30. The molecule has 1 fully saturated rings. The van der Waals surface area contributed by atoms with Crippen LogP contribution in [0.4, 0.5) is 0 Å². The molecule has 90 valence electrons. The third kappa shape index (κ3) is 6.09. The molecule has 0 aromatic rings. The van der Waals surface area contributed by atoms with Gasteiger partial charge in [0.1, 0.15) is 0 Å². The van der Waals surface area contributed by atoms with Gasteiger partial charge in [-0.05, 0) is 18.8 Å². The second kappa shape index (κ2) is 5.79. The largest absolute Gasteiger partial charge is 0.378 e. The summed E-state index contributed by atoms with van der Waals surface area (Å²) in [4.78, 5) is 0. The number of sulfonamides is 1. The molecule has 5 nitrogen and oxygen atoms in total. The molecule has 1 aliphatic rings. The average Bonchev–Trinajstić information content (AvgIpc) is 2.53. The van der Waals surface area contributed by atoms with E-state index < -0.39 is 10.0 Å². The molecule has 1 saturated heterocycles. The molecule has 6 heteroatoms. The molecule has 0 aromatic heterocycles. The second-order valence-electron chi connectivity index (χ2n) is 4.11. The van der Waals surface area contributed by atoms with Crippen LogP contribution in [0, 0.1) is 5.92 Å². The standard InChI is InChI=1S/C9H19NO4S/c1-8(7-15(10,11)12)5-13-6-9-3-2-4-14-9/h8-9H,2-7H2,1H3,(H2,10,11,12). The molecule has 1 rings (SSSR count). The number of primary sulfonamides is 1. The zero-order chi connectivity index (χ0) is 11.3. The fourth-order valence-electron chi connectivity index (χ4n) is 1.62. The van der Waals surface area contributed by atoms with Gasteiger partial charge in [0.25, 0.3) is 0 Å². The van der Waals surface area contributed by atoms with Crippen LogP contribution in [0.3, 0.4) is 0 Å². The van der Waals surface area contributed by atoms with Crippen molar-refractivity contribution in [1.29, 1.82) is 0 Å². The van der Waals surface area contributed by atoms with Gasteiger partial charge < -0.3 is 9.47 Å². The van der Waals surface area contributed by atoms with Gasteiger partial charge in [-0.25, -0.2) is 13.6 Å². The van der Waals surface area contributed by atoms with Crippen molar-refractivity contribution in [3.8, 4) is 0 Å². The highest BCUT2D eigenvalue weighted by Gasteiger charge is 2.16. The molecule has 0 amide bonds. The van der Waals surface area contributed by atoms with E-state index in [0.717, 1.165) is 19.4 Å². The molecular formula is C9H19NO4S. The van der Waals surface area contributed by atoms with Crippen molar-refractivity contribution < 1.29 is 17.9 Å². The van der Waals surface area contributed by atoms with Crippen LogP contribution in [0.1, 0.15) is 19.8 Å². The Labute approximate surface area is 91.0 Å². The minimum atomic E-state index is -3.38. The van der Waals surface area contributed by atoms with E-state index >= 15 is 0 Å². The van der Waals surface area contributed by atoms with Gasteiger partial charge in [-0.15, -0.1) is 0 Å². The van der Waals surface area contributed by atoms with Gasteiger partial charge in [0, 0.05) is 6.61 Å². The minimum absolute atomic E-state index is 0.0292. The van der Waals surface area contributed by atoms with E-state index in [1.807, 2.05) is 0 Å². The van der Waals surface area contributed by atoms with Crippen molar-refractivity contribution in [1.82, 2.24) is 0 Å². The molecule has 15 heavy (non-hydrogen) atoms. The molecule has 2 N–H and O–H groups in total. The summed E-state index contributed by atoms with van der Waals surface area (Å²) >= 11 is 0. The molecule has 1 heterocycles. The summed E-state index contributed by atoms with van der Waals surface area (Å²) in [5, 5.41) is 4.92. The lowest BCUT2D eigenvalue weighted by atomic mass is 10.2. The highest BCUT2D eigenvalue weighted by Crippen LogP contribution is 2.12. The highest BCUT2D eigenvalue weighted by molar-refractivity contribution is 7.89. The minimum Gasteiger partial charge on any atom is -0.378 e. The first-order valence-corrected chi connectivity index (χ1v) is 6.89. The molecule has 2 unspecified atom stereocenters. The fraction of sp³-hybridized carbons (Fsp3) is 1.00. The van der Waals surface area contributed by atoms with Crippen molar-refractivity contribution in [2.45, 2.75) is 25.9 Å². The van der Waals surface area contributed by atoms with Crippen molar-refractivity contribution in [2.24, 2.45) is 11.1 Å². The van der Waals surface area contributed by atoms with E-state index in [9.17, 15) is 8.42 Å². The molecule has 0 bridgehead atoms. The molecule has 0 aliphatic carbocycles. The number of nitrogens with two attached hydrogens (primary N) is 1. The van der Waals surface area contributed by atoms with Crippen LogP contribution in [0.15, 0.2) is 0 Å². The van der Waals surface area contributed by atoms with E-state index in [-0.39, 0.29) is 17.8 Å². The molecule has 0 saturated carbocycles. The summed E-state index contributed by atoms with van der Waals surface area (Å²) in [6.45, 7) is 3.58. The maximum atomic E-state index is 10.8. The quantitative estimate of drug-likeness (QED) is 0.711. The zero-order valence-corrected chi connectivity index (χ0v) is 9.83. The molecule has 1 aliphatic heterocycles. The number of hydrogen-bond donors (Lipinski definition) is 1. The van der Waals surface area contributed by atoms with E-state index in [1.54, 1.807) is 6.92 Å². The van der Waals surface area contributed by atoms with Crippen molar-refractivity contribution in [3.63, 3.8) is 0 Å². The number of ether oxygens (including phenoxy) is 2. The summed E-state index contributed by atoms with van der Waals surface area (Å²) in [5.74, 6) is -0.0974. The monoisotopic (exact) mass is 237 g/mol. The lowest BCUT2D eigenvalue weighted by Crippen LogP contribution is -2.25. The Balaban J connectivity index is 2.08. The summed E-state index contributed by atoms with van der Waals surface area (Å²) in [5.41, 5.74) is 0. The molecule has 0 aromatic carbocycles. The Morgan fingerprint density at radius 2 is 2.33 bits per heavy atom. The Hall–Kier alpha value is -0.170. The van der Waals surface area contributed by atoms with E-state index in [4.69, 9.17) is 14.6 Å². The van der Waals surface area contributed by atoms with Crippen molar-refractivity contribution in [2.75, 3.05) is 25.6 Å². The molecular weight excluding hydrogens is 218 g/mol. The predicted octanol–water partition coefficient (Wildman–Crippen LogP) is 0.107. The van der Waals surface area contributed by atoms with Gasteiger partial charge in [-0.2, -0.15) is 0 Å². The molecule has 2 atom stereocenters. The zero-order valence-electron chi connectivity index (χ0n) is 9.02. The van der Waals surface area contributed by atoms with Gasteiger partial charge >= 0.3 is 0 Å². The summed E-state index contributed by atoms with van der Waals surface area (Å²) in [6, 6.07) is 0. The van der Waals surface area contributed by atoms with Crippen LogP contribution in [0.25, 0.3) is 0 Å². The molecule has 0 radical (unpaired) electrons. The summed E-state index contributed by atoms with van der Waals surface area (Å²) < 4.78 is 32.3. The van der Waals surface area contributed by atoms with Crippen LogP contribution in [-0.2, 0) is 19.5 Å². The van der Waals surface area contributed by atoms with Gasteiger partial charge in [-0.1, -0.05) is 6.92 Å². The van der Waals surface area contributed by atoms with Gasteiger partial charge in [0.05, 0.1) is 25.1 Å². The highest BCUT2D eigenvalue weighted by atomic mass is 32.2. The van der Waals surface area contributed by atoms with Crippen LogP contribution in [0.2, 0.25) is 0 Å². The van der Waals surface area contributed by atoms with Gasteiger partial charge in [0.2, 0.25) is 10.0 Å². The third-order valence-corrected chi connectivity index (χ3v) is 3.28. The SMILES string of the molecule is CC(COCC1CCCO1)CS(N)(=O)=O. The smallest absolute Gasteiger partial charge is 0.209 e. The first-order valence-electron chi connectivity index (χ1n) is 5.17. The first kappa shape index (κ1) is 12.9. The number of hydrogen-bond acceptors (Lipinski definition) is 4. The van der Waals surface area contributed by atoms with E-state index in [2.05, 4.69) is 0 Å². The van der Waals surface area contributed by atoms with Crippen LogP contribution in [-0.4, -0.2) is 40.1 Å². The molecule has 0 spiro atoms. The average molecular weight is 237 g/mol. The Bertz CT molecular complexity index is 272. The lowest BCUT2D eigenvalue weighted by molar-refractivity contribution is 0.00915. The van der Waals surface area contributed by atoms with E-state index in [0.29, 0.717) is 13.2 Å². The number of rotatable bonds is 6. The third-order valence-electron chi connectivity index (χ3n) is 2.25. The normalized spacial score (nSPS) is 24.3. The first-order chi connectivity index (χ1) is 6.97. The van der Waals surface area contributed by atoms with Crippen LogP contribution < -0.4 is 5.14 Å². The Morgan fingerprint density at radius 1 is 1.60 bits per heavy atom. The van der Waals surface area contributed by atoms with Gasteiger partial charge in [-0.3, -0.25) is 0 Å². The maximum Gasteiger partial charge on any atom is 0.209 e. The topological polar surface area (TPSA) is 78.6 Å². The predicted molar refractivity (Wildman–Crippen MR) is 56.9 cm³/mol. The van der Waals surface area contributed by atoms with Crippen LogP contribution >= 0.6 is 0 Å². The second-order valence-corrected chi connectivity index (χ2v) is 5.77. The summed E-state index contributed by atoms with van der Waals surface area (Å²) in [7, 11) is -3.38. The van der Waals surface area contributed by atoms with Crippen LogP contribution in [0.5, 0.6) is 0 Å². The lowest BCUT2D eigenvalue weighted by Gasteiger charge is -2.13. The Kier molecular flexibility index (Phi) is 4.98. The van der Waals surface area contributed by atoms with Crippen molar-refractivity contribution >= 4 is 10.0 Å². The fourth-order valence-corrected chi connectivity index (χ4v) is 2.51. The maximum absolute atomic E-state index is 10.8.